The van der Waals surface area contributed by atoms with Gasteiger partial charge in [0.05, 0.1) is 25.2 Å². The van der Waals surface area contributed by atoms with Crippen molar-refractivity contribution in [2.75, 3.05) is 46.3 Å². The monoisotopic (exact) mass is 444 g/mol. The van der Waals surface area contributed by atoms with Crippen molar-refractivity contribution in [2.24, 2.45) is 0 Å². The van der Waals surface area contributed by atoms with Gasteiger partial charge in [0, 0.05) is 24.9 Å². The van der Waals surface area contributed by atoms with Gasteiger partial charge in [0.25, 0.3) is 5.91 Å². The number of ether oxygens (including phenoxy) is 3. The molecule has 2 atom stereocenters. The van der Waals surface area contributed by atoms with Crippen molar-refractivity contribution in [3.8, 4) is 11.5 Å². The van der Waals surface area contributed by atoms with Crippen LogP contribution in [-0.4, -0.2) is 64.3 Å². The number of esters is 1. The minimum atomic E-state index is -0.977. The molecule has 0 unspecified atom stereocenters. The van der Waals surface area contributed by atoms with Gasteiger partial charge in [-0.3, -0.25) is 9.59 Å². The van der Waals surface area contributed by atoms with E-state index < -0.39 is 17.3 Å². The van der Waals surface area contributed by atoms with E-state index in [1.54, 1.807) is 19.1 Å². The number of fused-ring (bicyclic) bond motifs is 1. The lowest BCUT2D eigenvalue weighted by atomic mass is 10.1. The van der Waals surface area contributed by atoms with Gasteiger partial charge in [-0.25, -0.2) is 0 Å². The maximum absolute atomic E-state index is 13.8. The first-order valence-electron chi connectivity index (χ1n) is 9.96. The van der Waals surface area contributed by atoms with E-state index in [2.05, 4.69) is 0 Å². The van der Waals surface area contributed by atoms with Crippen LogP contribution in [0, 0.1) is 0 Å². The largest absolute Gasteiger partial charge is 0.497 e. The third-order valence-electron chi connectivity index (χ3n) is 5.00. The average molecular weight is 445 g/mol. The van der Waals surface area contributed by atoms with E-state index in [1.807, 2.05) is 61.5 Å². The second-order valence-corrected chi connectivity index (χ2v) is 8.63. The number of hydrogen-bond acceptors (Lipinski definition) is 7. The highest BCUT2D eigenvalue weighted by molar-refractivity contribution is 7.99. The predicted molar refractivity (Wildman–Crippen MR) is 121 cm³/mol. The Morgan fingerprint density at radius 2 is 1.81 bits per heavy atom. The van der Waals surface area contributed by atoms with Gasteiger partial charge in [-0.2, -0.15) is 0 Å². The van der Waals surface area contributed by atoms with E-state index in [-0.39, 0.29) is 5.91 Å². The first kappa shape index (κ1) is 23.0. The highest BCUT2D eigenvalue weighted by Gasteiger charge is 2.41. The Bertz CT molecular complexity index is 932. The second kappa shape index (κ2) is 10.1. The molecular weight excluding hydrogens is 416 g/mol. The summed E-state index contributed by atoms with van der Waals surface area (Å²) in [4.78, 5) is 30.3. The average Bonchev–Trinajstić information content (AvgIpc) is 2.87. The van der Waals surface area contributed by atoms with Crippen LogP contribution < -0.4 is 14.4 Å². The van der Waals surface area contributed by atoms with Gasteiger partial charge in [-0.1, -0.05) is 18.2 Å². The molecule has 3 rings (SSSR count). The molecule has 7 nitrogen and oxygen atoms in total. The quantitative estimate of drug-likeness (QED) is 0.607. The second-order valence-electron chi connectivity index (χ2n) is 7.44. The zero-order chi connectivity index (χ0) is 22.5. The Balaban J connectivity index is 2.13. The number of benzene rings is 2. The third kappa shape index (κ3) is 5.14. The number of carbonyl (C=O) groups excluding carboxylic acids is 2. The van der Waals surface area contributed by atoms with Crippen LogP contribution >= 0.6 is 11.8 Å². The summed E-state index contributed by atoms with van der Waals surface area (Å²) in [5.74, 6) is 0.554. The van der Waals surface area contributed by atoms with Gasteiger partial charge < -0.3 is 24.0 Å². The number of likely N-dealkylation sites (N-methyl/N-ethyl adjacent to an activating group) is 1. The van der Waals surface area contributed by atoms with E-state index in [0.717, 1.165) is 10.5 Å². The van der Waals surface area contributed by atoms with Crippen LogP contribution in [0.5, 0.6) is 11.5 Å². The number of para-hydroxylation sites is 1. The molecule has 0 radical (unpaired) electrons. The fraction of sp³-hybridized carbons (Fsp3) is 0.391. The van der Waals surface area contributed by atoms with Crippen molar-refractivity contribution >= 4 is 29.3 Å². The molecule has 1 aliphatic rings. The van der Waals surface area contributed by atoms with Gasteiger partial charge in [0.15, 0.2) is 6.10 Å². The van der Waals surface area contributed by atoms with Crippen LogP contribution in [-0.2, 0) is 14.3 Å². The normalized spacial score (nSPS) is 18.4. The predicted octanol–water partition coefficient (Wildman–Crippen LogP) is 3.38. The lowest BCUT2D eigenvalue weighted by Gasteiger charge is -2.29. The van der Waals surface area contributed by atoms with Crippen molar-refractivity contribution in [2.45, 2.75) is 23.2 Å². The maximum Gasteiger partial charge on any atom is 0.303 e. The number of carbonyl (C=O) groups is 2. The Morgan fingerprint density at radius 3 is 2.39 bits per heavy atom. The Labute approximate surface area is 187 Å². The molecule has 0 aromatic heterocycles. The molecule has 1 heterocycles. The van der Waals surface area contributed by atoms with Gasteiger partial charge in [0.2, 0.25) is 0 Å². The fourth-order valence-corrected chi connectivity index (χ4v) is 4.81. The summed E-state index contributed by atoms with van der Waals surface area (Å²) in [6.07, 6.45) is -0.977. The first-order chi connectivity index (χ1) is 14.8. The Morgan fingerprint density at radius 1 is 1.10 bits per heavy atom. The number of methoxy groups -OCH3 is 2. The van der Waals surface area contributed by atoms with Crippen LogP contribution in [0.2, 0.25) is 0 Å². The van der Waals surface area contributed by atoms with Crippen molar-refractivity contribution in [3.63, 3.8) is 0 Å². The first-order valence-corrected chi connectivity index (χ1v) is 10.8. The van der Waals surface area contributed by atoms with Crippen molar-refractivity contribution in [1.29, 1.82) is 0 Å². The number of rotatable bonds is 7. The van der Waals surface area contributed by atoms with E-state index in [9.17, 15) is 9.59 Å². The molecule has 0 spiro atoms. The molecular formula is C23H28N2O5S. The summed E-state index contributed by atoms with van der Waals surface area (Å²) in [7, 11) is 7.09. The summed E-state index contributed by atoms with van der Waals surface area (Å²) in [5, 5.41) is -0.419. The minimum Gasteiger partial charge on any atom is -0.497 e. The van der Waals surface area contributed by atoms with Crippen molar-refractivity contribution in [3.05, 3.63) is 48.0 Å². The molecule has 0 aliphatic carbocycles. The number of hydrogen-bond donors (Lipinski definition) is 0. The molecule has 2 aromatic carbocycles. The zero-order valence-electron chi connectivity index (χ0n) is 18.5. The lowest BCUT2D eigenvalue weighted by Crippen LogP contribution is -2.45. The molecule has 0 saturated carbocycles. The Hall–Kier alpha value is -2.71. The minimum absolute atomic E-state index is 0.270. The molecule has 0 saturated heterocycles. The summed E-state index contributed by atoms with van der Waals surface area (Å²) >= 11 is 1.49. The number of nitrogens with zero attached hydrogens (tertiary/aromatic N) is 2. The van der Waals surface area contributed by atoms with Crippen LogP contribution in [0.1, 0.15) is 17.7 Å². The third-order valence-corrected chi connectivity index (χ3v) is 6.35. The number of thioether (sulfide) groups is 1. The smallest absolute Gasteiger partial charge is 0.303 e. The van der Waals surface area contributed by atoms with Crippen LogP contribution in [0.25, 0.3) is 0 Å². The van der Waals surface area contributed by atoms with Crippen molar-refractivity contribution in [1.82, 2.24) is 4.90 Å². The molecule has 1 amide bonds. The van der Waals surface area contributed by atoms with Crippen LogP contribution in [0.4, 0.5) is 5.69 Å². The highest BCUT2D eigenvalue weighted by Crippen LogP contribution is 2.49. The molecule has 0 N–H and O–H groups in total. The van der Waals surface area contributed by atoms with E-state index >= 15 is 0 Å². The number of anilines is 1. The SMILES string of the molecule is COc1ccc([C@H]2Sc3cccc(OC)c3N(CCN(C)C)C(=O)[C@H]2OC(C)=O)cc1. The number of amides is 1. The molecule has 0 fully saturated rings. The standard InChI is InChI=1S/C23H28N2O5S/c1-15(26)30-21-22(16-9-11-17(28-4)12-10-16)31-19-8-6-7-18(29-5)20(19)25(23(21)27)14-13-24(2)3/h6-12,21-22H,13-14H2,1-5H3/t21-,22+/m0/s1. The molecule has 0 bridgehead atoms. The molecule has 31 heavy (non-hydrogen) atoms. The van der Waals surface area contributed by atoms with Gasteiger partial charge in [-0.15, -0.1) is 11.8 Å². The van der Waals surface area contributed by atoms with Gasteiger partial charge in [0.1, 0.15) is 11.5 Å². The van der Waals surface area contributed by atoms with E-state index in [0.29, 0.717) is 30.3 Å². The molecule has 166 valence electrons. The fourth-order valence-electron chi connectivity index (χ4n) is 3.47. The Kier molecular flexibility index (Phi) is 7.46. The summed E-state index contributed by atoms with van der Waals surface area (Å²) in [6, 6.07) is 13.2. The highest BCUT2D eigenvalue weighted by atomic mass is 32.2. The summed E-state index contributed by atoms with van der Waals surface area (Å²) < 4.78 is 16.5. The maximum atomic E-state index is 13.8. The van der Waals surface area contributed by atoms with Crippen LogP contribution in [0.15, 0.2) is 47.4 Å². The summed E-state index contributed by atoms with van der Waals surface area (Å²) in [6.45, 7) is 2.41. The van der Waals surface area contributed by atoms with Crippen molar-refractivity contribution < 1.29 is 23.8 Å². The van der Waals surface area contributed by atoms with E-state index in [1.165, 1.54) is 18.7 Å². The molecule has 8 heteroatoms. The summed E-state index contributed by atoms with van der Waals surface area (Å²) in [5.41, 5.74) is 1.57. The van der Waals surface area contributed by atoms with E-state index in [4.69, 9.17) is 14.2 Å². The molecule has 2 aromatic rings. The van der Waals surface area contributed by atoms with Crippen LogP contribution in [0.3, 0.4) is 0 Å². The van der Waals surface area contributed by atoms with Gasteiger partial charge >= 0.3 is 5.97 Å². The zero-order valence-corrected chi connectivity index (χ0v) is 19.3. The molecule has 1 aliphatic heterocycles. The topological polar surface area (TPSA) is 68.3 Å². The lowest BCUT2D eigenvalue weighted by molar-refractivity contribution is -0.152. The van der Waals surface area contributed by atoms with Gasteiger partial charge in [-0.05, 0) is 43.9 Å².